The predicted molar refractivity (Wildman–Crippen MR) is 112 cm³/mol. The highest BCUT2D eigenvalue weighted by molar-refractivity contribution is 7.89. The van der Waals surface area contributed by atoms with Crippen LogP contribution >= 0.6 is 0 Å². The van der Waals surface area contributed by atoms with Crippen molar-refractivity contribution in [3.8, 4) is 0 Å². The van der Waals surface area contributed by atoms with Crippen molar-refractivity contribution in [3.63, 3.8) is 0 Å². The average molecular weight is 410 g/mol. The second kappa shape index (κ2) is 7.93. The van der Waals surface area contributed by atoms with Gasteiger partial charge in [-0.2, -0.15) is 4.31 Å². The molecule has 1 amide bonds. The lowest BCUT2D eigenvalue weighted by atomic mass is 10.1. The fraction of sp³-hybridized carbons (Fsp3) is 0.273. The monoisotopic (exact) mass is 409 g/mol. The number of sulfonamides is 1. The molecule has 1 aliphatic heterocycles. The van der Waals surface area contributed by atoms with E-state index in [1.54, 1.807) is 41.4 Å². The molecule has 0 bridgehead atoms. The van der Waals surface area contributed by atoms with Crippen LogP contribution in [0, 0.1) is 6.92 Å². The van der Waals surface area contributed by atoms with Gasteiger partial charge in [-0.25, -0.2) is 8.42 Å². The van der Waals surface area contributed by atoms with Crippen LogP contribution in [-0.2, 0) is 10.0 Å². The summed E-state index contributed by atoms with van der Waals surface area (Å²) in [6, 6.07) is 16.2. The van der Waals surface area contributed by atoms with Crippen molar-refractivity contribution in [2.75, 3.05) is 26.2 Å². The van der Waals surface area contributed by atoms with Gasteiger partial charge >= 0.3 is 0 Å². The summed E-state index contributed by atoms with van der Waals surface area (Å²) in [7, 11) is -3.57. The Balaban J connectivity index is 1.54. The molecule has 6 nitrogen and oxygen atoms in total. The van der Waals surface area contributed by atoms with E-state index in [-0.39, 0.29) is 12.5 Å². The number of benzene rings is 2. The van der Waals surface area contributed by atoms with Crippen molar-refractivity contribution in [3.05, 3.63) is 71.9 Å². The van der Waals surface area contributed by atoms with E-state index in [0.29, 0.717) is 42.0 Å². The van der Waals surface area contributed by atoms with E-state index in [2.05, 4.69) is 4.98 Å². The number of fused-ring (bicyclic) bond motifs is 1. The lowest BCUT2D eigenvalue weighted by Gasteiger charge is -2.22. The number of hydrogen-bond donors (Lipinski definition) is 0. The number of rotatable bonds is 3. The van der Waals surface area contributed by atoms with E-state index in [9.17, 15) is 13.2 Å². The number of amides is 1. The molecule has 3 aromatic rings. The summed E-state index contributed by atoms with van der Waals surface area (Å²) in [5, 5.41) is 0.914. The Morgan fingerprint density at radius 3 is 2.48 bits per heavy atom. The quantitative estimate of drug-likeness (QED) is 0.667. The van der Waals surface area contributed by atoms with Crippen LogP contribution in [0.5, 0.6) is 0 Å². The fourth-order valence-electron chi connectivity index (χ4n) is 3.64. The average Bonchev–Trinajstić information content (AvgIpc) is 3.00. The van der Waals surface area contributed by atoms with Crippen LogP contribution in [-0.4, -0.2) is 54.7 Å². The maximum atomic E-state index is 13.1. The van der Waals surface area contributed by atoms with E-state index >= 15 is 0 Å². The first-order valence-corrected chi connectivity index (χ1v) is 11.1. The first-order valence-electron chi connectivity index (χ1n) is 9.67. The zero-order valence-corrected chi connectivity index (χ0v) is 17.1. The Bertz CT molecular complexity index is 1140. The van der Waals surface area contributed by atoms with Crippen molar-refractivity contribution in [1.82, 2.24) is 14.2 Å². The maximum Gasteiger partial charge on any atom is 0.256 e. The Morgan fingerprint density at radius 1 is 0.931 bits per heavy atom. The number of carbonyl (C=O) groups excluding carboxylic acids is 1. The van der Waals surface area contributed by atoms with Crippen molar-refractivity contribution in [1.29, 1.82) is 0 Å². The third kappa shape index (κ3) is 3.88. The minimum atomic E-state index is -3.57. The molecule has 1 fully saturated rings. The molecule has 150 valence electrons. The molecule has 0 radical (unpaired) electrons. The van der Waals surface area contributed by atoms with Gasteiger partial charge in [0.1, 0.15) is 0 Å². The summed E-state index contributed by atoms with van der Waals surface area (Å²) >= 11 is 0. The normalized spacial score (nSPS) is 16.0. The van der Waals surface area contributed by atoms with Crippen LogP contribution in [0.1, 0.15) is 22.3 Å². The van der Waals surface area contributed by atoms with Crippen LogP contribution in [0.4, 0.5) is 0 Å². The van der Waals surface area contributed by atoms with Gasteiger partial charge in [0.2, 0.25) is 10.0 Å². The highest BCUT2D eigenvalue weighted by atomic mass is 32.2. The number of aromatic nitrogens is 1. The van der Waals surface area contributed by atoms with Crippen molar-refractivity contribution in [2.24, 2.45) is 0 Å². The Labute approximate surface area is 170 Å². The number of carbonyl (C=O) groups is 1. The van der Waals surface area contributed by atoms with Gasteiger partial charge in [0, 0.05) is 37.8 Å². The molecule has 7 heteroatoms. The molecule has 29 heavy (non-hydrogen) atoms. The van der Waals surface area contributed by atoms with Gasteiger partial charge in [-0.3, -0.25) is 9.78 Å². The lowest BCUT2D eigenvalue weighted by Crippen LogP contribution is -2.37. The standard InChI is InChI=1S/C22H23N3O3S/c1-17-8-10-19(11-9-17)29(27,28)25-14-4-13-24(15-16-25)22(26)20-7-2-5-18-6-3-12-23-21(18)20/h2-3,5-12H,4,13-16H2,1H3. The van der Waals surface area contributed by atoms with Crippen molar-refractivity contribution < 1.29 is 13.2 Å². The zero-order valence-electron chi connectivity index (χ0n) is 16.3. The molecular formula is C22H23N3O3S. The van der Waals surface area contributed by atoms with Gasteiger partial charge in [-0.1, -0.05) is 35.9 Å². The number of para-hydroxylation sites is 1. The molecule has 2 aromatic carbocycles. The van der Waals surface area contributed by atoms with Gasteiger partial charge in [-0.05, 0) is 37.6 Å². The van der Waals surface area contributed by atoms with E-state index in [4.69, 9.17) is 0 Å². The molecule has 0 saturated carbocycles. The summed E-state index contributed by atoms with van der Waals surface area (Å²) in [5.74, 6) is -0.108. The molecule has 0 spiro atoms. The predicted octanol–water partition coefficient (Wildman–Crippen LogP) is 3.08. The Hall–Kier alpha value is -2.77. The highest BCUT2D eigenvalue weighted by Gasteiger charge is 2.29. The summed E-state index contributed by atoms with van der Waals surface area (Å²) in [6.45, 7) is 3.47. The lowest BCUT2D eigenvalue weighted by molar-refractivity contribution is 0.0766. The van der Waals surface area contributed by atoms with E-state index in [1.807, 2.05) is 31.2 Å². The minimum absolute atomic E-state index is 0.108. The smallest absolute Gasteiger partial charge is 0.256 e. The van der Waals surface area contributed by atoms with Crippen LogP contribution in [0.2, 0.25) is 0 Å². The number of aryl methyl sites for hydroxylation is 1. The summed E-state index contributed by atoms with van der Waals surface area (Å²) in [5.41, 5.74) is 2.24. The second-order valence-electron chi connectivity index (χ2n) is 7.24. The molecule has 1 saturated heterocycles. The first kappa shape index (κ1) is 19.5. The number of nitrogens with zero attached hydrogens (tertiary/aromatic N) is 3. The molecule has 1 aliphatic rings. The second-order valence-corrected chi connectivity index (χ2v) is 9.18. The van der Waals surface area contributed by atoms with Gasteiger partial charge in [0.05, 0.1) is 16.0 Å². The summed E-state index contributed by atoms with van der Waals surface area (Å²) < 4.78 is 27.4. The molecule has 0 aliphatic carbocycles. The van der Waals surface area contributed by atoms with Gasteiger partial charge in [-0.15, -0.1) is 0 Å². The first-order chi connectivity index (χ1) is 14.0. The molecule has 0 atom stereocenters. The largest absolute Gasteiger partial charge is 0.337 e. The third-order valence-corrected chi connectivity index (χ3v) is 7.18. The van der Waals surface area contributed by atoms with Gasteiger partial charge in [0.15, 0.2) is 0 Å². The maximum absolute atomic E-state index is 13.1. The molecular weight excluding hydrogens is 386 g/mol. The zero-order chi connectivity index (χ0) is 20.4. The molecule has 0 unspecified atom stereocenters. The van der Waals surface area contributed by atoms with E-state index in [1.165, 1.54) is 4.31 Å². The molecule has 4 rings (SSSR count). The summed E-state index contributed by atoms with van der Waals surface area (Å²) in [4.78, 5) is 19.5. The number of pyridine rings is 1. The van der Waals surface area contributed by atoms with Crippen molar-refractivity contribution in [2.45, 2.75) is 18.2 Å². The topological polar surface area (TPSA) is 70.6 Å². The highest BCUT2D eigenvalue weighted by Crippen LogP contribution is 2.21. The third-order valence-electron chi connectivity index (χ3n) is 5.26. The van der Waals surface area contributed by atoms with Crippen LogP contribution in [0.25, 0.3) is 10.9 Å². The molecule has 1 aromatic heterocycles. The van der Waals surface area contributed by atoms with Crippen molar-refractivity contribution >= 4 is 26.8 Å². The van der Waals surface area contributed by atoms with Gasteiger partial charge in [0.25, 0.3) is 5.91 Å². The summed E-state index contributed by atoms with van der Waals surface area (Å²) in [6.07, 6.45) is 2.27. The molecule has 0 N–H and O–H groups in total. The molecule has 2 heterocycles. The van der Waals surface area contributed by atoms with Crippen LogP contribution in [0.15, 0.2) is 65.7 Å². The van der Waals surface area contributed by atoms with Crippen LogP contribution in [0.3, 0.4) is 0 Å². The van der Waals surface area contributed by atoms with Gasteiger partial charge < -0.3 is 4.90 Å². The number of hydrogen-bond acceptors (Lipinski definition) is 4. The van der Waals surface area contributed by atoms with Crippen LogP contribution < -0.4 is 0 Å². The fourth-order valence-corrected chi connectivity index (χ4v) is 5.11. The Kier molecular flexibility index (Phi) is 5.34. The minimum Gasteiger partial charge on any atom is -0.337 e. The van der Waals surface area contributed by atoms with E-state index < -0.39 is 10.0 Å². The Morgan fingerprint density at radius 2 is 1.69 bits per heavy atom. The van der Waals surface area contributed by atoms with E-state index in [0.717, 1.165) is 10.9 Å². The SMILES string of the molecule is Cc1ccc(S(=O)(=O)N2CCCN(C(=O)c3cccc4cccnc34)CC2)cc1.